The Kier molecular flexibility index (Phi) is 7.70. The standard InChI is InChI=1S/C28H42N2O4/c1-15(2)10-19-12-21(13-19)27-25(20-7-8-20)26(30-34-27)22(14-24(31)32)18(5)28(33)29-23-9-6-16(3)11-17(23)4/h6,9,11,15,18-22,24,26,30-32H,7-8,10,12-14H2,1-5H3,(H,29,33). The largest absolute Gasteiger partial charge is 0.412 e. The molecule has 2 fully saturated rings. The molecule has 0 aromatic heterocycles. The molecule has 0 bridgehead atoms. The van der Waals surface area contributed by atoms with E-state index in [-0.39, 0.29) is 24.3 Å². The summed E-state index contributed by atoms with van der Waals surface area (Å²) in [6.07, 6.45) is 4.50. The summed E-state index contributed by atoms with van der Waals surface area (Å²) in [4.78, 5) is 19.4. The minimum Gasteiger partial charge on any atom is -0.412 e. The van der Waals surface area contributed by atoms with Crippen LogP contribution in [0, 0.1) is 49.4 Å². The molecule has 34 heavy (non-hydrogen) atoms. The number of hydrogen-bond donors (Lipinski definition) is 4. The SMILES string of the molecule is Cc1ccc(NC(=O)C(C)C(CC(O)O)C2NOC(C3CC(CC(C)C)C3)=C2C2CC2)c(C)c1. The number of benzene rings is 1. The Morgan fingerprint density at radius 1 is 1.15 bits per heavy atom. The normalized spacial score (nSPS) is 26.4. The number of amides is 1. The summed E-state index contributed by atoms with van der Waals surface area (Å²) in [7, 11) is 0. The number of hydrogen-bond acceptors (Lipinski definition) is 5. The van der Waals surface area contributed by atoms with Crippen molar-refractivity contribution in [3.05, 3.63) is 40.7 Å². The monoisotopic (exact) mass is 470 g/mol. The van der Waals surface area contributed by atoms with Gasteiger partial charge < -0.3 is 20.4 Å². The number of rotatable bonds is 10. The van der Waals surface area contributed by atoms with E-state index in [0.717, 1.165) is 54.2 Å². The maximum atomic E-state index is 13.3. The molecule has 3 unspecified atom stereocenters. The number of hydroxylamine groups is 1. The first-order valence-corrected chi connectivity index (χ1v) is 13.0. The third-order valence-electron chi connectivity index (χ3n) is 7.95. The molecule has 6 heteroatoms. The highest BCUT2D eigenvalue weighted by Crippen LogP contribution is 2.51. The van der Waals surface area contributed by atoms with Gasteiger partial charge in [-0.2, -0.15) is 0 Å². The highest BCUT2D eigenvalue weighted by Gasteiger charge is 2.48. The van der Waals surface area contributed by atoms with Crippen molar-refractivity contribution in [1.82, 2.24) is 5.48 Å². The van der Waals surface area contributed by atoms with Crippen LogP contribution in [0.15, 0.2) is 29.5 Å². The number of anilines is 1. The first-order valence-electron chi connectivity index (χ1n) is 13.0. The molecule has 0 saturated heterocycles. The van der Waals surface area contributed by atoms with Gasteiger partial charge in [-0.15, -0.1) is 5.48 Å². The van der Waals surface area contributed by atoms with Crippen LogP contribution in [0.3, 0.4) is 0 Å². The molecule has 3 aliphatic rings. The lowest BCUT2D eigenvalue weighted by atomic mass is 9.69. The lowest BCUT2D eigenvalue weighted by molar-refractivity contribution is -0.123. The second-order valence-electron chi connectivity index (χ2n) is 11.4. The van der Waals surface area contributed by atoms with Gasteiger partial charge in [-0.1, -0.05) is 38.5 Å². The van der Waals surface area contributed by atoms with Gasteiger partial charge in [-0.25, -0.2) is 0 Å². The second-order valence-corrected chi connectivity index (χ2v) is 11.4. The lowest BCUT2D eigenvalue weighted by Gasteiger charge is -2.36. The van der Waals surface area contributed by atoms with Crippen LogP contribution >= 0.6 is 0 Å². The van der Waals surface area contributed by atoms with Gasteiger partial charge in [0.25, 0.3) is 0 Å². The smallest absolute Gasteiger partial charge is 0.227 e. The molecule has 3 atom stereocenters. The Morgan fingerprint density at radius 3 is 2.44 bits per heavy atom. The van der Waals surface area contributed by atoms with E-state index in [4.69, 9.17) is 4.84 Å². The molecule has 0 spiro atoms. The van der Waals surface area contributed by atoms with Crippen LogP contribution < -0.4 is 10.8 Å². The molecule has 188 valence electrons. The van der Waals surface area contributed by atoms with E-state index in [1.165, 1.54) is 12.0 Å². The minimum atomic E-state index is -1.48. The van der Waals surface area contributed by atoms with Crippen molar-refractivity contribution < 1.29 is 19.8 Å². The average Bonchev–Trinajstić information content (AvgIpc) is 3.48. The Balaban J connectivity index is 1.52. The third kappa shape index (κ3) is 5.67. The van der Waals surface area contributed by atoms with Crippen LogP contribution in [-0.2, 0) is 9.63 Å². The molecule has 0 radical (unpaired) electrons. The fourth-order valence-electron chi connectivity index (χ4n) is 5.97. The van der Waals surface area contributed by atoms with Crippen LogP contribution in [-0.4, -0.2) is 28.5 Å². The Bertz CT molecular complexity index is 915. The van der Waals surface area contributed by atoms with Gasteiger partial charge in [0.1, 0.15) is 5.76 Å². The number of carbonyl (C=O) groups excluding carboxylic acids is 1. The Morgan fingerprint density at radius 2 is 1.85 bits per heavy atom. The summed E-state index contributed by atoms with van der Waals surface area (Å²) in [5.41, 5.74) is 7.48. The molecule has 1 aliphatic heterocycles. The first kappa shape index (κ1) is 25.2. The zero-order chi connectivity index (χ0) is 24.6. The number of carbonyl (C=O) groups is 1. The molecule has 1 amide bonds. The van der Waals surface area contributed by atoms with E-state index < -0.39 is 12.2 Å². The third-order valence-corrected chi connectivity index (χ3v) is 7.95. The van der Waals surface area contributed by atoms with E-state index in [1.54, 1.807) is 0 Å². The Hall–Kier alpha value is -1.89. The zero-order valence-corrected chi connectivity index (χ0v) is 21.3. The molecule has 1 heterocycles. The summed E-state index contributed by atoms with van der Waals surface area (Å²) in [5, 5.41) is 22.9. The molecule has 2 saturated carbocycles. The number of aryl methyl sites for hydroxylation is 2. The minimum absolute atomic E-state index is 0.108. The highest BCUT2D eigenvalue weighted by molar-refractivity contribution is 5.93. The maximum Gasteiger partial charge on any atom is 0.227 e. The topological polar surface area (TPSA) is 90.8 Å². The van der Waals surface area contributed by atoms with E-state index in [1.807, 2.05) is 39.0 Å². The first-order chi connectivity index (χ1) is 16.1. The van der Waals surface area contributed by atoms with Crippen LogP contribution in [0.1, 0.15) is 70.4 Å². The van der Waals surface area contributed by atoms with Gasteiger partial charge in [-0.05, 0) is 86.8 Å². The number of allylic oxidation sites excluding steroid dienone is 1. The molecule has 4 N–H and O–H groups in total. The molecular weight excluding hydrogens is 428 g/mol. The maximum absolute atomic E-state index is 13.3. The highest BCUT2D eigenvalue weighted by atomic mass is 16.7. The average molecular weight is 471 g/mol. The van der Waals surface area contributed by atoms with Gasteiger partial charge in [0.15, 0.2) is 6.29 Å². The van der Waals surface area contributed by atoms with E-state index in [9.17, 15) is 15.0 Å². The Labute approximate surface area is 204 Å². The quantitative estimate of drug-likeness (QED) is 0.368. The number of aliphatic hydroxyl groups is 2. The molecular formula is C28H42N2O4. The molecule has 1 aromatic rings. The van der Waals surface area contributed by atoms with E-state index in [2.05, 4.69) is 24.6 Å². The van der Waals surface area contributed by atoms with Crippen molar-refractivity contribution in [2.75, 3.05) is 5.32 Å². The van der Waals surface area contributed by atoms with Crippen molar-refractivity contribution in [3.63, 3.8) is 0 Å². The van der Waals surface area contributed by atoms with Crippen molar-refractivity contribution >= 4 is 11.6 Å². The summed E-state index contributed by atoms with van der Waals surface area (Å²) >= 11 is 0. The second kappa shape index (κ2) is 10.4. The van der Waals surface area contributed by atoms with Crippen molar-refractivity contribution in [1.29, 1.82) is 0 Å². The summed E-state index contributed by atoms with van der Waals surface area (Å²) < 4.78 is 0. The van der Waals surface area contributed by atoms with Crippen LogP contribution in [0.25, 0.3) is 0 Å². The van der Waals surface area contributed by atoms with Crippen molar-refractivity contribution in [2.24, 2.45) is 35.5 Å². The van der Waals surface area contributed by atoms with Gasteiger partial charge in [0, 0.05) is 23.9 Å². The number of aliphatic hydroxyl groups excluding tert-OH is 1. The van der Waals surface area contributed by atoms with Gasteiger partial charge in [0.05, 0.1) is 6.04 Å². The van der Waals surface area contributed by atoms with E-state index in [0.29, 0.717) is 17.8 Å². The zero-order valence-electron chi connectivity index (χ0n) is 21.3. The van der Waals surface area contributed by atoms with Gasteiger partial charge in [-0.3, -0.25) is 4.79 Å². The van der Waals surface area contributed by atoms with Gasteiger partial charge >= 0.3 is 0 Å². The van der Waals surface area contributed by atoms with Gasteiger partial charge in [0.2, 0.25) is 5.91 Å². The fourth-order valence-corrected chi connectivity index (χ4v) is 5.97. The van der Waals surface area contributed by atoms with E-state index >= 15 is 0 Å². The molecule has 2 aliphatic carbocycles. The van der Waals surface area contributed by atoms with Crippen LogP contribution in [0.4, 0.5) is 5.69 Å². The summed E-state index contributed by atoms with van der Waals surface area (Å²) in [6.45, 7) is 10.5. The lowest BCUT2D eigenvalue weighted by Crippen LogP contribution is -2.42. The predicted molar refractivity (Wildman–Crippen MR) is 133 cm³/mol. The predicted octanol–water partition coefficient (Wildman–Crippen LogP) is 4.83. The van der Waals surface area contributed by atoms with Crippen molar-refractivity contribution in [3.8, 4) is 0 Å². The summed E-state index contributed by atoms with van der Waals surface area (Å²) in [6, 6.07) is 5.79. The van der Waals surface area contributed by atoms with Crippen LogP contribution in [0.2, 0.25) is 0 Å². The molecule has 1 aromatic carbocycles. The van der Waals surface area contributed by atoms with Crippen LogP contribution in [0.5, 0.6) is 0 Å². The summed E-state index contributed by atoms with van der Waals surface area (Å²) in [5.74, 6) is 2.65. The van der Waals surface area contributed by atoms with Crippen molar-refractivity contribution in [2.45, 2.75) is 85.5 Å². The molecule has 6 nitrogen and oxygen atoms in total. The molecule has 4 rings (SSSR count). The fraction of sp³-hybridized carbons (Fsp3) is 0.679. The number of nitrogens with one attached hydrogen (secondary N) is 2.